The monoisotopic (exact) mass is 489 g/mol. The summed E-state index contributed by atoms with van der Waals surface area (Å²) < 4.78 is 21.0. The van der Waals surface area contributed by atoms with E-state index in [-0.39, 0.29) is 6.10 Å². The zero-order valence-corrected chi connectivity index (χ0v) is 21.2. The van der Waals surface area contributed by atoms with E-state index < -0.39 is 5.82 Å². The summed E-state index contributed by atoms with van der Waals surface area (Å²) in [5.41, 5.74) is 4.05. The summed E-state index contributed by atoms with van der Waals surface area (Å²) in [4.78, 5) is 32.2. The number of hydrogen-bond donors (Lipinski definition) is 1. The number of imidazole rings is 1. The summed E-state index contributed by atoms with van der Waals surface area (Å²) in [5, 5.41) is 0. The molecule has 0 spiro atoms. The smallest absolute Gasteiger partial charge is 0.316 e. The van der Waals surface area contributed by atoms with Crippen molar-refractivity contribution in [2.24, 2.45) is 5.92 Å². The third-order valence-electron chi connectivity index (χ3n) is 6.34. The van der Waals surface area contributed by atoms with Crippen LogP contribution in [0.4, 0.5) is 4.39 Å². The van der Waals surface area contributed by atoms with Crippen molar-refractivity contribution in [2.75, 3.05) is 0 Å². The molecule has 4 aromatic rings. The first-order valence-electron chi connectivity index (χ1n) is 12.5. The van der Waals surface area contributed by atoms with Crippen LogP contribution < -0.4 is 4.74 Å². The summed E-state index contributed by atoms with van der Waals surface area (Å²) in [6, 6.07) is 7.19. The normalized spacial score (nSPS) is 13.0. The first-order chi connectivity index (χ1) is 17.4. The highest BCUT2D eigenvalue weighted by molar-refractivity contribution is 5.78. The van der Waals surface area contributed by atoms with Crippen LogP contribution in [0.25, 0.3) is 33.7 Å². The maximum absolute atomic E-state index is 15.0. The molecule has 1 aromatic carbocycles. The zero-order chi connectivity index (χ0) is 25.7. The number of aromatic amines is 1. The number of rotatable bonds is 11. The van der Waals surface area contributed by atoms with Crippen molar-refractivity contribution < 1.29 is 13.9 Å². The summed E-state index contributed by atoms with van der Waals surface area (Å²) >= 11 is 0. The van der Waals surface area contributed by atoms with E-state index in [1.54, 1.807) is 24.7 Å². The molecule has 7 nitrogen and oxygen atoms in total. The van der Waals surface area contributed by atoms with Crippen LogP contribution in [0.5, 0.6) is 6.01 Å². The second kappa shape index (κ2) is 11.4. The lowest BCUT2D eigenvalue weighted by atomic mass is 9.96. The van der Waals surface area contributed by atoms with Crippen molar-refractivity contribution in [3.8, 4) is 28.5 Å². The molecule has 0 aliphatic heterocycles. The Morgan fingerprint density at radius 3 is 2.53 bits per heavy atom. The number of carbonyl (C=O) groups excluding carboxylic acids is 1. The van der Waals surface area contributed by atoms with Crippen LogP contribution in [0.2, 0.25) is 0 Å². The second-order valence-electron chi connectivity index (χ2n) is 9.35. The van der Waals surface area contributed by atoms with Gasteiger partial charge in [0.2, 0.25) is 0 Å². The molecule has 0 amide bonds. The molecule has 0 fully saturated rings. The number of H-pyrrole nitrogens is 1. The van der Waals surface area contributed by atoms with Crippen molar-refractivity contribution in [3.63, 3.8) is 0 Å². The number of ether oxygens (including phenoxy) is 1. The van der Waals surface area contributed by atoms with Gasteiger partial charge in [0.1, 0.15) is 23.5 Å². The maximum Gasteiger partial charge on any atom is 0.316 e. The average molecular weight is 490 g/mol. The fourth-order valence-electron chi connectivity index (χ4n) is 4.15. The second-order valence-corrected chi connectivity index (χ2v) is 9.35. The highest BCUT2D eigenvalue weighted by atomic mass is 19.1. The minimum Gasteiger partial charge on any atom is -0.460 e. The summed E-state index contributed by atoms with van der Waals surface area (Å²) in [7, 11) is 0. The van der Waals surface area contributed by atoms with E-state index in [1.165, 1.54) is 6.07 Å². The quantitative estimate of drug-likeness (QED) is 0.259. The van der Waals surface area contributed by atoms with Gasteiger partial charge in [-0.25, -0.2) is 24.3 Å². The number of nitrogens with zero attached hydrogens (tertiary/aromatic N) is 4. The molecule has 0 bridgehead atoms. The molecule has 36 heavy (non-hydrogen) atoms. The maximum atomic E-state index is 15.0. The minimum atomic E-state index is -0.398. The molecule has 3 heterocycles. The molecule has 2 unspecified atom stereocenters. The van der Waals surface area contributed by atoms with Gasteiger partial charge in [-0.3, -0.25) is 4.79 Å². The zero-order valence-electron chi connectivity index (χ0n) is 21.2. The molecular weight excluding hydrogens is 457 g/mol. The Kier molecular flexibility index (Phi) is 8.03. The van der Waals surface area contributed by atoms with Crippen molar-refractivity contribution in [1.82, 2.24) is 24.9 Å². The van der Waals surface area contributed by atoms with Crippen LogP contribution in [0.15, 0.2) is 42.9 Å². The number of carbonyl (C=O) groups is 1. The van der Waals surface area contributed by atoms with Crippen molar-refractivity contribution >= 4 is 16.9 Å². The van der Waals surface area contributed by atoms with E-state index in [9.17, 15) is 4.79 Å². The van der Waals surface area contributed by atoms with E-state index in [1.807, 2.05) is 26.0 Å². The highest BCUT2D eigenvalue weighted by Gasteiger charge is 2.16. The SMILES string of the molecule is CCC(=O)CC(C)CCC(CC)Oc1ncc(-c2ccc(-c3nc4ncc(C)cc4[nH]3)c(F)c2)cn1. The largest absolute Gasteiger partial charge is 0.460 e. The van der Waals surface area contributed by atoms with Crippen molar-refractivity contribution in [1.29, 1.82) is 0 Å². The number of fused-ring (bicyclic) bond motifs is 1. The number of nitrogens with one attached hydrogen (secondary N) is 1. The van der Waals surface area contributed by atoms with Gasteiger partial charge in [0.05, 0.1) is 11.1 Å². The molecular formula is C28H32FN5O2. The lowest BCUT2D eigenvalue weighted by molar-refractivity contribution is -0.119. The fraction of sp³-hybridized carbons (Fsp3) is 0.393. The standard InChI is InChI=1S/C28H32FN5O2/c1-5-21(35)11-17(3)7-9-22(6-2)36-28-31-15-20(16-32-28)19-8-10-23(24(29)13-19)26-33-25-12-18(4)14-30-27(25)34-26/h8,10,12-17,22H,5-7,9,11H2,1-4H3,(H,30,33,34). The van der Waals surface area contributed by atoms with Gasteiger partial charge in [-0.2, -0.15) is 0 Å². The number of aromatic nitrogens is 5. The Morgan fingerprint density at radius 2 is 1.83 bits per heavy atom. The lowest BCUT2D eigenvalue weighted by Gasteiger charge is -2.18. The molecule has 2 atom stereocenters. The van der Waals surface area contributed by atoms with Gasteiger partial charge in [-0.15, -0.1) is 0 Å². The molecule has 188 valence electrons. The topological polar surface area (TPSA) is 93.6 Å². The predicted octanol–water partition coefficient (Wildman–Crippen LogP) is 6.47. The van der Waals surface area contributed by atoms with Gasteiger partial charge in [-0.1, -0.05) is 26.8 Å². The third-order valence-corrected chi connectivity index (χ3v) is 6.34. The van der Waals surface area contributed by atoms with Gasteiger partial charge in [0.15, 0.2) is 5.65 Å². The number of pyridine rings is 1. The van der Waals surface area contributed by atoms with Crippen LogP contribution in [0.3, 0.4) is 0 Å². The molecule has 4 rings (SSSR count). The summed E-state index contributed by atoms with van der Waals surface area (Å²) in [6.45, 7) is 8.00. The molecule has 3 aromatic heterocycles. The molecule has 1 N–H and O–H groups in total. The van der Waals surface area contributed by atoms with Gasteiger partial charge >= 0.3 is 6.01 Å². The van der Waals surface area contributed by atoms with Crippen LogP contribution in [0, 0.1) is 18.7 Å². The number of aryl methyl sites for hydroxylation is 1. The van der Waals surface area contributed by atoms with Gasteiger partial charge < -0.3 is 9.72 Å². The Labute approximate surface area is 210 Å². The first kappa shape index (κ1) is 25.4. The molecule has 0 saturated heterocycles. The van der Waals surface area contributed by atoms with Crippen LogP contribution in [-0.4, -0.2) is 36.8 Å². The third kappa shape index (κ3) is 6.11. The lowest BCUT2D eigenvalue weighted by Crippen LogP contribution is -2.18. The number of ketones is 1. The predicted molar refractivity (Wildman–Crippen MR) is 138 cm³/mol. The number of Topliss-reactive ketones (excluding diaryl/α,β-unsaturated/α-hetero) is 1. The summed E-state index contributed by atoms with van der Waals surface area (Å²) in [5.74, 6) is 0.664. The first-order valence-corrected chi connectivity index (χ1v) is 12.5. The number of halogens is 1. The van der Waals surface area contributed by atoms with Crippen LogP contribution in [-0.2, 0) is 4.79 Å². The molecule has 8 heteroatoms. The van der Waals surface area contributed by atoms with Gasteiger partial charge in [0.25, 0.3) is 0 Å². The Hall–Kier alpha value is -3.68. The van der Waals surface area contributed by atoms with E-state index in [0.29, 0.717) is 58.7 Å². The van der Waals surface area contributed by atoms with Crippen molar-refractivity contribution in [2.45, 2.75) is 65.9 Å². The number of benzene rings is 1. The van der Waals surface area contributed by atoms with E-state index in [2.05, 4.69) is 38.8 Å². The van der Waals surface area contributed by atoms with E-state index in [4.69, 9.17) is 4.74 Å². The van der Waals surface area contributed by atoms with E-state index >= 15 is 4.39 Å². The fourth-order valence-corrected chi connectivity index (χ4v) is 4.15. The molecule has 0 saturated carbocycles. The van der Waals surface area contributed by atoms with Gasteiger partial charge in [0, 0.05) is 37.0 Å². The average Bonchev–Trinajstić information content (AvgIpc) is 3.29. The molecule has 0 aliphatic rings. The Bertz CT molecular complexity index is 1340. The van der Waals surface area contributed by atoms with Crippen LogP contribution >= 0.6 is 0 Å². The number of hydrogen-bond acceptors (Lipinski definition) is 6. The molecule has 0 aliphatic carbocycles. The van der Waals surface area contributed by atoms with Gasteiger partial charge in [-0.05, 0) is 61.4 Å². The van der Waals surface area contributed by atoms with Crippen molar-refractivity contribution in [3.05, 3.63) is 54.2 Å². The van der Waals surface area contributed by atoms with Crippen LogP contribution in [0.1, 0.15) is 58.4 Å². The Morgan fingerprint density at radius 1 is 1.06 bits per heavy atom. The van der Waals surface area contributed by atoms with E-state index in [0.717, 1.165) is 30.3 Å². The minimum absolute atomic E-state index is 0.0196. The highest BCUT2D eigenvalue weighted by Crippen LogP contribution is 2.28. The molecule has 0 radical (unpaired) electrons. The summed E-state index contributed by atoms with van der Waals surface area (Å²) in [6.07, 6.45) is 8.76. The Balaban J connectivity index is 1.41.